The lowest BCUT2D eigenvalue weighted by molar-refractivity contribution is 0.340. The molecular weight excluding hydrogens is 276 g/mol. The van der Waals surface area contributed by atoms with Crippen molar-refractivity contribution in [3.05, 3.63) is 36.2 Å². The van der Waals surface area contributed by atoms with E-state index in [0.29, 0.717) is 6.61 Å². The standard InChI is InChI=1S/C17H22N4O/c1-3-22-15-8-6-14(7-9-15)20-16-12-17(19-13(2)18-16)21-10-4-5-11-21/h6-9,12H,3-5,10-11H2,1-2H3,(H,18,19,20). The number of nitrogens with one attached hydrogen (secondary N) is 1. The number of hydrogen-bond donors (Lipinski definition) is 1. The van der Waals surface area contributed by atoms with Gasteiger partial charge in [-0.05, 0) is 51.0 Å². The van der Waals surface area contributed by atoms with Crippen LogP contribution in [0.2, 0.25) is 0 Å². The molecule has 0 spiro atoms. The van der Waals surface area contributed by atoms with Crippen molar-refractivity contribution in [3.63, 3.8) is 0 Å². The molecule has 1 fully saturated rings. The maximum Gasteiger partial charge on any atom is 0.136 e. The van der Waals surface area contributed by atoms with Crippen molar-refractivity contribution in [2.75, 3.05) is 29.9 Å². The van der Waals surface area contributed by atoms with Gasteiger partial charge in [0.25, 0.3) is 0 Å². The minimum absolute atomic E-state index is 0.678. The first-order chi connectivity index (χ1) is 10.7. The van der Waals surface area contributed by atoms with Crippen molar-refractivity contribution >= 4 is 17.3 Å². The Morgan fingerprint density at radius 3 is 2.55 bits per heavy atom. The molecule has 1 aliphatic heterocycles. The number of rotatable bonds is 5. The molecule has 0 amide bonds. The average Bonchev–Trinajstić information content (AvgIpc) is 3.03. The number of benzene rings is 1. The van der Waals surface area contributed by atoms with Crippen molar-refractivity contribution in [1.82, 2.24) is 9.97 Å². The zero-order valence-electron chi connectivity index (χ0n) is 13.2. The Morgan fingerprint density at radius 2 is 1.86 bits per heavy atom. The molecular formula is C17H22N4O. The Hall–Kier alpha value is -2.30. The molecule has 2 aromatic rings. The lowest BCUT2D eigenvalue weighted by atomic mass is 10.3. The fourth-order valence-electron chi connectivity index (χ4n) is 2.67. The summed E-state index contributed by atoms with van der Waals surface area (Å²) in [5, 5.41) is 3.34. The molecule has 1 N–H and O–H groups in total. The van der Waals surface area contributed by atoms with Crippen LogP contribution in [-0.2, 0) is 0 Å². The number of aromatic nitrogens is 2. The highest BCUT2D eigenvalue weighted by Gasteiger charge is 2.15. The normalized spacial score (nSPS) is 14.2. The van der Waals surface area contributed by atoms with E-state index in [2.05, 4.69) is 20.2 Å². The molecule has 5 nitrogen and oxygen atoms in total. The van der Waals surface area contributed by atoms with E-state index in [-0.39, 0.29) is 0 Å². The van der Waals surface area contributed by atoms with Gasteiger partial charge in [-0.15, -0.1) is 0 Å². The van der Waals surface area contributed by atoms with Crippen LogP contribution in [0.1, 0.15) is 25.6 Å². The van der Waals surface area contributed by atoms with Gasteiger partial charge in [0.1, 0.15) is 23.2 Å². The van der Waals surface area contributed by atoms with Crippen molar-refractivity contribution < 1.29 is 4.74 Å². The van der Waals surface area contributed by atoms with Crippen molar-refractivity contribution in [1.29, 1.82) is 0 Å². The van der Waals surface area contributed by atoms with E-state index < -0.39 is 0 Å². The molecule has 116 valence electrons. The molecule has 0 unspecified atom stereocenters. The second kappa shape index (κ2) is 6.64. The highest BCUT2D eigenvalue weighted by atomic mass is 16.5. The summed E-state index contributed by atoms with van der Waals surface area (Å²) in [6.07, 6.45) is 2.48. The molecule has 1 aromatic carbocycles. The van der Waals surface area contributed by atoms with Crippen LogP contribution in [-0.4, -0.2) is 29.7 Å². The molecule has 0 bridgehead atoms. The topological polar surface area (TPSA) is 50.3 Å². The first-order valence-corrected chi connectivity index (χ1v) is 7.85. The highest BCUT2D eigenvalue weighted by Crippen LogP contribution is 2.23. The summed E-state index contributed by atoms with van der Waals surface area (Å²) in [5.41, 5.74) is 0.994. The van der Waals surface area contributed by atoms with Gasteiger partial charge in [0.15, 0.2) is 0 Å². The third kappa shape index (κ3) is 3.47. The molecule has 0 radical (unpaired) electrons. The van der Waals surface area contributed by atoms with Gasteiger partial charge in [-0.2, -0.15) is 0 Å². The second-order valence-electron chi connectivity index (χ2n) is 5.44. The summed E-state index contributed by atoms with van der Waals surface area (Å²) in [7, 11) is 0. The quantitative estimate of drug-likeness (QED) is 0.915. The lowest BCUT2D eigenvalue weighted by Crippen LogP contribution is -2.19. The average molecular weight is 298 g/mol. The van der Waals surface area contributed by atoms with Crippen LogP contribution in [0.25, 0.3) is 0 Å². The number of nitrogens with zero attached hydrogens (tertiary/aromatic N) is 3. The molecule has 1 saturated heterocycles. The Kier molecular flexibility index (Phi) is 4.42. The summed E-state index contributed by atoms with van der Waals surface area (Å²) in [4.78, 5) is 11.3. The van der Waals surface area contributed by atoms with E-state index in [9.17, 15) is 0 Å². The second-order valence-corrected chi connectivity index (χ2v) is 5.44. The smallest absolute Gasteiger partial charge is 0.136 e. The predicted molar refractivity (Wildman–Crippen MR) is 89.1 cm³/mol. The van der Waals surface area contributed by atoms with E-state index in [0.717, 1.165) is 42.0 Å². The van der Waals surface area contributed by atoms with Gasteiger partial charge >= 0.3 is 0 Å². The monoisotopic (exact) mass is 298 g/mol. The maximum atomic E-state index is 5.46. The van der Waals surface area contributed by atoms with Gasteiger partial charge in [0.2, 0.25) is 0 Å². The molecule has 1 aromatic heterocycles. The first kappa shape index (κ1) is 14.6. The summed E-state index contributed by atoms with van der Waals surface area (Å²) < 4.78 is 5.46. The highest BCUT2D eigenvalue weighted by molar-refractivity contribution is 5.60. The van der Waals surface area contributed by atoms with Crippen LogP contribution in [0.3, 0.4) is 0 Å². The SMILES string of the molecule is CCOc1ccc(Nc2cc(N3CCCC3)nc(C)n2)cc1. The third-order valence-electron chi connectivity index (χ3n) is 3.69. The van der Waals surface area contributed by atoms with Gasteiger partial charge in [0.05, 0.1) is 6.61 Å². The van der Waals surface area contributed by atoms with Gasteiger partial charge in [-0.25, -0.2) is 9.97 Å². The molecule has 2 heterocycles. The molecule has 0 atom stereocenters. The largest absolute Gasteiger partial charge is 0.494 e. The summed E-state index contributed by atoms with van der Waals surface area (Å²) >= 11 is 0. The third-order valence-corrected chi connectivity index (χ3v) is 3.69. The van der Waals surface area contributed by atoms with Crippen molar-refractivity contribution in [2.24, 2.45) is 0 Å². The predicted octanol–water partition coefficient (Wildman–Crippen LogP) is 3.53. The van der Waals surface area contributed by atoms with Crippen LogP contribution >= 0.6 is 0 Å². The van der Waals surface area contributed by atoms with E-state index in [1.807, 2.05) is 44.2 Å². The van der Waals surface area contributed by atoms with Crippen LogP contribution in [0.4, 0.5) is 17.3 Å². The van der Waals surface area contributed by atoms with E-state index >= 15 is 0 Å². The van der Waals surface area contributed by atoms with E-state index in [4.69, 9.17) is 4.74 Å². The molecule has 3 rings (SSSR count). The van der Waals surface area contributed by atoms with Crippen LogP contribution in [0, 0.1) is 6.92 Å². The summed E-state index contributed by atoms with van der Waals surface area (Å²) in [5.74, 6) is 3.51. The number of ether oxygens (including phenoxy) is 1. The van der Waals surface area contributed by atoms with Crippen LogP contribution < -0.4 is 15.0 Å². The van der Waals surface area contributed by atoms with E-state index in [1.165, 1.54) is 12.8 Å². The van der Waals surface area contributed by atoms with Gasteiger partial charge < -0.3 is 15.0 Å². The van der Waals surface area contributed by atoms with Crippen LogP contribution in [0.15, 0.2) is 30.3 Å². The Labute approximate surface area is 131 Å². The molecule has 1 aliphatic rings. The zero-order valence-corrected chi connectivity index (χ0v) is 13.2. The van der Waals surface area contributed by atoms with E-state index in [1.54, 1.807) is 0 Å². The van der Waals surface area contributed by atoms with Crippen molar-refractivity contribution in [2.45, 2.75) is 26.7 Å². The number of anilines is 3. The number of hydrogen-bond acceptors (Lipinski definition) is 5. The Bertz CT molecular complexity index is 621. The van der Waals surface area contributed by atoms with Gasteiger partial charge in [0, 0.05) is 24.8 Å². The molecule has 0 aliphatic carbocycles. The fraction of sp³-hybridized carbons (Fsp3) is 0.412. The van der Waals surface area contributed by atoms with Gasteiger partial charge in [-0.3, -0.25) is 0 Å². The minimum Gasteiger partial charge on any atom is -0.494 e. The first-order valence-electron chi connectivity index (χ1n) is 7.85. The molecule has 0 saturated carbocycles. The fourth-order valence-corrected chi connectivity index (χ4v) is 2.67. The molecule has 5 heteroatoms. The lowest BCUT2D eigenvalue weighted by Gasteiger charge is -2.17. The zero-order chi connectivity index (χ0) is 15.4. The van der Waals surface area contributed by atoms with Gasteiger partial charge in [-0.1, -0.05) is 0 Å². The Balaban J connectivity index is 1.76. The maximum absolute atomic E-state index is 5.46. The molecule has 22 heavy (non-hydrogen) atoms. The number of aryl methyl sites for hydroxylation is 1. The minimum atomic E-state index is 0.678. The summed E-state index contributed by atoms with van der Waals surface area (Å²) in [6.45, 7) is 6.76. The van der Waals surface area contributed by atoms with Crippen molar-refractivity contribution in [3.8, 4) is 5.75 Å². The Morgan fingerprint density at radius 1 is 1.14 bits per heavy atom. The summed E-state index contributed by atoms with van der Waals surface area (Å²) in [6, 6.07) is 9.94. The van der Waals surface area contributed by atoms with Crippen LogP contribution in [0.5, 0.6) is 5.75 Å².